The van der Waals surface area contributed by atoms with Crippen LogP contribution in [0.2, 0.25) is 0 Å². The molecule has 1 N–H and O–H groups in total. The summed E-state index contributed by atoms with van der Waals surface area (Å²) in [5.41, 5.74) is 2.59. The normalized spacial score (nSPS) is 23.5. The highest BCUT2D eigenvalue weighted by molar-refractivity contribution is 5.84. The second-order valence-electron chi connectivity index (χ2n) is 7.43. The maximum Gasteiger partial charge on any atom is 0.223 e. The maximum atomic E-state index is 12.4. The molecule has 0 bridgehead atoms. The lowest BCUT2D eigenvalue weighted by molar-refractivity contribution is -0.124. The minimum Gasteiger partial charge on any atom is -0.496 e. The summed E-state index contributed by atoms with van der Waals surface area (Å²) >= 11 is 0. The topological polar surface area (TPSA) is 41.6 Å². The van der Waals surface area contributed by atoms with Gasteiger partial charge in [0.05, 0.1) is 7.11 Å². The summed E-state index contributed by atoms with van der Waals surface area (Å²) in [5.74, 6) is 0.911. The van der Waals surface area contributed by atoms with Crippen LogP contribution >= 0.6 is 0 Å². The Morgan fingerprint density at radius 3 is 2.65 bits per heavy atom. The first kappa shape index (κ1) is 16.7. The van der Waals surface area contributed by atoms with Crippen LogP contribution in [0.5, 0.6) is 5.75 Å². The van der Waals surface area contributed by atoms with Gasteiger partial charge in [0.2, 0.25) is 5.91 Å². The van der Waals surface area contributed by atoms with Crippen molar-refractivity contribution in [3.63, 3.8) is 0 Å². The predicted molar refractivity (Wildman–Crippen MR) is 104 cm³/mol. The number of methoxy groups -OCH3 is 1. The van der Waals surface area contributed by atoms with Crippen LogP contribution in [0.3, 0.4) is 0 Å². The van der Waals surface area contributed by atoms with Crippen molar-refractivity contribution in [2.75, 3.05) is 18.6 Å². The Labute approximate surface area is 154 Å². The van der Waals surface area contributed by atoms with Gasteiger partial charge >= 0.3 is 0 Å². The van der Waals surface area contributed by atoms with Gasteiger partial charge in [-0.05, 0) is 23.8 Å². The Morgan fingerprint density at radius 2 is 1.85 bits per heavy atom. The van der Waals surface area contributed by atoms with Crippen LogP contribution in [0.4, 0.5) is 5.69 Å². The van der Waals surface area contributed by atoms with E-state index in [4.69, 9.17) is 4.74 Å². The second-order valence-corrected chi connectivity index (χ2v) is 7.43. The molecule has 1 atom stereocenters. The third kappa shape index (κ3) is 2.25. The zero-order chi connectivity index (χ0) is 18.4. The van der Waals surface area contributed by atoms with Crippen molar-refractivity contribution >= 4 is 17.7 Å². The Balaban J connectivity index is 1.85. The molecule has 2 aliphatic heterocycles. The van der Waals surface area contributed by atoms with E-state index in [1.165, 1.54) is 11.3 Å². The van der Waals surface area contributed by atoms with Crippen LogP contribution in [-0.2, 0) is 10.2 Å². The second kappa shape index (κ2) is 5.90. The molecule has 134 valence electrons. The van der Waals surface area contributed by atoms with Gasteiger partial charge in [0.1, 0.15) is 11.4 Å². The van der Waals surface area contributed by atoms with E-state index in [1.54, 1.807) is 7.11 Å². The highest BCUT2D eigenvalue weighted by atomic mass is 16.5. The van der Waals surface area contributed by atoms with Gasteiger partial charge in [-0.2, -0.15) is 0 Å². The van der Waals surface area contributed by atoms with Gasteiger partial charge < -0.3 is 15.0 Å². The summed E-state index contributed by atoms with van der Waals surface area (Å²) in [6.45, 7) is 5.11. The minimum absolute atomic E-state index is 0.0896. The lowest BCUT2D eigenvalue weighted by Crippen LogP contribution is -2.68. The first-order chi connectivity index (χ1) is 12.5. The van der Waals surface area contributed by atoms with Crippen molar-refractivity contribution in [2.24, 2.45) is 0 Å². The fraction of sp³-hybridized carbons (Fsp3) is 0.318. The SMILES string of the molecule is COc1ccccc1C=CC12NC(=O)CCN1c1ccccc1C2(C)C. The molecule has 1 amide bonds. The number of benzene rings is 2. The molecule has 1 unspecified atom stereocenters. The zero-order valence-corrected chi connectivity index (χ0v) is 15.5. The van der Waals surface area contributed by atoms with Crippen molar-refractivity contribution in [3.8, 4) is 5.75 Å². The molecular weight excluding hydrogens is 324 g/mol. The standard InChI is InChI=1S/C22H24N2O2/c1-21(2)17-9-5-6-10-18(17)24-15-13-20(25)23-22(21,24)14-12-16-8-4-7-11-19(16)26-3/h4-12,14H,13,15H2,1-3H3,(H,23,25). The first-order valence-corrected chi connectivity index (χ1v) is 9.00. The molecule has 26 heavy (non-hydrogen) atoms. The smallest absolute Gasteiger partial charge is 0.223 e. The highest BCUT2D eigenvalue weighted by Gasteiger charge is 2.57. The first-order valence-electron chi connectivity index (χ1n) is 9.00. The Kier molecular flexibility index (Phi) is 3.79. The van der Waals surface area contributed by atoms with Crippen LogP contribution in [-0.4, -0.2) is 25.2 Å². The zero-order valence-electron chi connectivity index (χ0n) is 15.5. The predicted octanol–water partition coefficient (Wildman–Crippen LogP) is 3.72. The number of carbonyl (C=O) groups is 1. The van der Waals surface area contributed by atoms with E-state index >= 15 is 0 Å². The summed E-state index contributed by atoms with van der Waals surface area (Å²) in [5, 5.41) is 3.30. The molecule has 2 aromatic rings. The fourth-order valence-electron chi connectivity index (χ4n) is 4.33. The number of ether oxygens (including phenoxy) is 1. The number of carbonyl (C=O) groups excluding carboxylic acids is 1. The summed E-state index contributed by atoms with van der Waals surface area (Å²) < 4.78 is 5.48. The van der Waals surface area contributed by atoms with Crippen molar-refractivity contribution in [3.05, 3.63) is 65.7 Å². The van der Waals surface area contributed by atoms with Crippen molar-refractivity contribution in [2.45, 2.75) is 31.3 Å². The maximum absolute atomic E-state index is 12.4. The molecule has 4 nitrogen and oxygen atoms in total. The van der Waals surface area contributed by atoms with Gasteiger partial charge in [-0.1, -0.05) is 56.3 Å². The Hall–Kier alpha value is -2.75. The number of hydrogen-bond acceptors (Lipinski definition) is 3. The monoisotopic (exact) mass is 348 g/mol. The molecule has 0 aromatic heterocycles. The molecule has 0 saturated carbocycles. The van der Waals surface area contributed by atoms with Crippen molar-refractivity contribution in [1.29, 1.82) is 0 Å². The van der Waals surface area contributed by atoms with E-state index < -0.39 is 5.66 Å². The minimum atomic E-state index is -0.590. The molecule has 4 rings (SSSR count). The molecule has 2 aromatic carbocycles. The summed E-state index contributed by atoms with van der Waals surface area (Å²) in [7, 11) is 1.68. The van der Waals surface area contributed by atoms with E-state index in [-0.39, 0.29) is 11.3 Å². The number of amides is 1. The Bertz CT molecular complexity index is 887. The van der Waals surface area contributed by atoms with Gasteiger partial charge in [-0.3, -0.25) is 4.79 Å². The van der Waals surface area contributed by atoms with Gasteiger partial charge in [0, 0.05) is 29.6 Å². The molecule has 0 radical (unpaired) electrons. The third-order valence-corrected chi connectivity index (χ3v) is 5.78. The number of nitrogens with one attached hydrogen (secondary N) is 1. The average molecular weight is 348 g/mol. The van der Waals surface area contributed by atoms with Crippen LogP contribution in [0.25, 0.3) is 6.08 Å². The molecule has 1 fully saturated rings. The van der Waals surface area contributed by atoms with E-state index in [0.29, 0.717) is 13.0 Å². The van der Waals surface area contributed by atoms with Crippen LogP contribution in [0, 0.1) is 0 Å². The van der Waals surface area contributed by atoms with Gasteiger partial charge in [-0.15, -0.1) is 0 Å². The molecule has 4 heteroatoms. The van der Waals surface area contributed by atoms with E-state index in [9.17, 15) is 4.79 Å². The number of fused-ring (bicyclic) bond motifs is 3. The van der Waals surface area contributed by atoms with E-state index in [0.717, 1.165) is 11.3 Å². The van der Waals surface area contributed by atoms with Crippen molar-refractivity contribution < 1.29 is 9.53 Å². The molecule has 1 saturated heterocycles. The summed E-state index contributed by atoms with van der Waals surface area (Å²) in [4.78, 5) is 14.7. The fourth-order valence-corrected chi connectivity index (χ4v) is 4.33. The molecule has 0 aliphatic carbocycles. The quantitative estimate of drug-likeness (QED) is 0.919. The van der Waals surface area contributed by atoms with Gasteiger partial charge in [0.15, 0.2) is 0 Å². The summed E-state index contributed by atoms with van der Waals surface area (Å²) in [6, 6.07) is 16.4. The van der Waals surface area contributed by atoms with Crippen LogP contribution in [0.15, 0.2) is 54.6 Å². The molecule has 2 aliphatic rings. The summed E-state index contributed by atoms with van der Waals surface area (Å²) in [6.07, 6.45) is 4.70. The number of anilines is 1. The largest absolute Gasteiger partial charge is 0.496 e. The molecule has 2 heterocycles. The molecular formula is C22H24N2O2. The lowest BCUT2D eigenvalue weighted by Gasteiger charge is -2.49. The van der Waals surface area contributed by atoms with Crippen LogP contribution < -0.4 is 15.0 Å². The van der Waals surface area contributed by atoms with Crippen molar-refractivity contribution in [1.82, 2.24) is 5.32 Å². The average Bonchev–Trinajstić information content (AvgIpc) is 2.85. The Morgan fingerprint density at radius 1 is 1.12 bits per heavy atom. The highest BCUT2D eigenvalue weighted by Crippen LogP contribution is 2.52. The number of nitrogens with zero attached hydrogens (tertiary/aromatic N) is 1. The number of para-hydroxylation sites is 2. The van der Waals surface area contributed by atoms with Gasteiger partial charge in [0.25, 0.3) is 0 Å². The lowest BCUT2D eigenvalue weighted by atomic mass is 9.74. The van der Waals surface area contributed by atoms with Gasteiger partial charge in [-0.25, -0.2) is 0 Å². The molecule has 0 spiro atoms. The third-order valence-electron chi connectivity index (χ3n) is 5.78. The van der Waals surface area contributed by atoms with E-state index in [1.807, 2.05) is 24.3 Å². The number of rotatable bonds is 3. The number of hydrogen-bond donors (Lipinski definition) is 1. The van der Waals surface area contributed by atoms with E-state index in [2.05, 4.69) is 60.5 Å². The van der Waals surface area contributed by atoms with Crippen LogP contribution in [0.1, 0.15) is 31.4 Å².